The van der Waals surface area contributed by atoms with Gasteiger partial charge in [-0.25, -0.2) is 4.79 Å². The van der Waals surface area contributed by atoms with Crippen LogP contribution < -0.4 is 0 Å². The molecule has 0 bridgehead atoms. The van der Waals surface area contributed by atoms with Gasteiger partial charge in [-0.1, -0.05) is 33.1 Å². The third kappa shape index (κ3) is 6.17. The lowest BCUT2D eigenvalue weighted by Crippen LogP contribution is -1.94. The normalized spacial score (nSPS) is 8.71. The third-order valence-corrected chi connectivity index (χ3v) is 1.63. The number of carboxylic acid groups (broad SMARTS) is 1. The topological polar surface area (TPSA) is 50.2 Å². The highest BCUT2D eigenvalue weighted by molar-refractivity contribution is 5.87. The second-order valence-corrected chi connectivity index (χ2v) is 2.89. The number of hydrogen-bond acceptors (Lipinski definition) is 2. The van der Waals surface area contributed by atoms with Gasteiger partial charge in [0.2, 0.25) is 0 Å². The van der Waals surface area contributed by atoms with E-state index in [9.17, 15) is 4.79 Å². The molecule has 0 unspecified atom stereocenters. The highest BCUT2D eigenvalue weighted by Crippen LogP contribution is 1.93. The fourth-order valence-corrected chi connectivity index (χ4v) is 0.848. The zero-order valence-corrected chi connectivity index (χ0v) is 8.73. The van der Waals surface area contributed by atoms with Crippen LogP contribution in [0.15, 0.2) is 24.5 Å². The first-order valence-electron chi connectivity index (χ1n) is 4.85. The zero-order chi connectivity index (χ0) is 10.8. The van der Waals surface area contributed by atoms with Crippen molar-refractivity contribution in [3.05, 3.63) is 30.1 Å². The van der Waals surface area contributed by atoms with Gasteiger partial charge in [0.1, 0.15) is 0 Å². The van der Waals surface area contributed by atoms with Crippen LogP contribution in [-0.2, 0) is 0 Å². The van der Waals surface area contributed by atoms with Crippen molar-refractivity contribution in [3.8, 4) is 0 Å². The third-order valence-electron chi connectivity index (χ3n) is 1.63. The summed E-state index contributed by atoms with van der Waals surface area (Å²) < 4.78 is 0. The molecule has 78 valence electrons. The molecule has 0 spiro atoms. The van der Waals surface area contributed by atoms with Crippen LogP contribution in [0.25, 0.3) is 0 Å². The van der Waals surface area contributed by atoms with Crippen molar-refractivity contribution >= 4 is 5.97 Å². The molecular weight excluding hydrogens is 178 g/mol. The Balaban J connectivity index is 0.000000292. The fourth-order valence-electron chi connectivity index (χ4n) is 0.848. The molecule has 0 saturated heterocycles. The van der Waals surface area contributed by atoms with Crippen molar-refractivity contribution in [2.45, 2.75) is 33.1 Å². The maximum absolute atomic E-state index is 10.2. The summed E-state index contributed by atoms with van der Waals surface area (Å²) in [6.07, 6.45) is 6.97. The largest absolute Gasteiger partial charge is 0.478 e. The molecule has 0 aliphatic carbocycles. The smallest absolute Gasteiger partial charge is 0.335 e. The number of rotatable bonds is 3. The Labute approximate surface area is 84.8 Å². The van der Waals surface area contributed by atoms with E-state index < -0.39 is 5.97 Å². The molecule has 0 amide bonds. The van der Waals surface area contributed by atoms with E-state index in [1.54, 1.807) is 0 Å². The number of pyridine rings is 1. The fraction of sp³-hybridized carbons (Fsp3) is 0.455. The van der Waals surface area contributed by atoms with Crippen LogP contribution >= 0.6 is 0 Å². The Hall–Kier alpha value is -1.38. The van der Waals surface area contributed by atoms with Gasteiger partial charge in [0.05, 0.1) is 5.56 Å². The van der Waals surface area contributed by atoms with Crippen LogP contribution in [0.1, 0.15) is 43.5 Å². The van der Waals surface area contributed by atoms with E-state index in [2.05, 4.69) is 18.8 Å². The van der Waals surface area contributed by atoms with Gasteiger partial charge in [-0.05, 0) is 12.1 Å². The summed E-state index contributed by atoms with van der Waals surface area (Å²) in [5.74, 6) is -0.919. The lowest BCUT2D eigenvalue weighted by atomic mass is 10.3. The minimum atomic E-state index is -0.919. The number of carboxylic acids is 1. The standard InChI is InChI=1S/C6H5NO2.C5H12/c8-6(9)5-1-3-7-4-2-5;1-3-5-4-2/h1-4H,(H,8,9);3-5H2,1-2H3. The molecule has 0 fully saturated rings. The quantitative estimate of drug-likeness (QED) is 0.806. The first-order valence-corrected chi connectivity index (χ1v) is 4.85. The monoisotopic (exact) mass is 195 g/mol. The van der Waals surface area contributed by atoms with Crippen LogP contribution in [-0.4, -0.2) is 16.1 Å². The SMILES string of the molecule is CCCCC.O=C(O)c1ccncc1. The average molecular weight is 195 g/mol. The van der Waals surface area contributed by atoms with Crippen LogP contribution in [0.3, 0.4) is 0 Å². The minimum Gasteiger partial charge on any atom is -0.478 e. The Kier molecular flexibility index (Phi) is 7.42. The Morgan fingerprint density at radius 2 is 1.79 bits per heavy atom. The number of hydrogen-bond donors (Lipinski definition) is 1. The maximum Gasteiger partial charge on any atom is 0.335 e. The highest BCUT2D eigenvalue weighted by Gasteiger charge is 1.97. The van der Waals surface area contributed by atoms with Crippen LogP contribution in [0.2, 0.25) is 0 Å². The molecule has 1 rings (SSSR count). The number of aromatic nitrogens is 1. The van der Waals surface area contributed by atoms with Gasteiger partial charge < -0.3 is 5.11 Å². The van der Waals surface area contributed by atoms with Gasteiger partial charge in [-0.15, -0.1) is 0 Å². The average Bonchev–Trinajstić information content (AvgIpc) is 2.21. The summed E-state index contributed by atoms with van der Waals surface area (Å²) in [6, 6.07) is 2.89. The van der Waals surface area contributed by atoms with Gasteiger partial charge >= 0.3 is 5.97 Å². The minimum absolute atomic E-state index is 0.269. The van der Waals surface area contributed by atoms with Crippen LogP contribution in [0.5, 0.6) is 0 Å². The molecule has 0 aliphatic heterocycles. The van der Waals surface area contributed by atoms with E-state index in [0.717, 1.165) is 0 Å². The zero-order valence-electron chi connectivity index (χ0n) is 8.73. The Morgan fingerprint density at radius 1 is 1.29 bits per heavy atom. The molecule has 1 heterocycles. The molecule has 14 heavy (non-hydrogen) atoms. The summed E-state index contributed by atoms with van der Waals surface area (Å²) in [5, 5.41) is 8.36. The molecular formula is C11H17NO2. The van der Waals surface area contributed by atoms with Gasteiger partial charge in [0.15, 0.2) is 0 Å². The Morgan fingerprint density at radius 3 is 2.00 bits per heavy atom. The second kappa shape index (κ2) is 8.23. The number of nitrogens with zero attached hydrogens (tertiary/aromatic N) is 1. The summed E-state index contributed by atoms with van der Waals surface area (Å²) >= 11 is 0. The molecule has 3 nitrogen and oxygen atoms in total. The first kappa shape index (κ1) is 12.6. The maximum atomic E-state index is 10.2. The highest BCUT2D eigenvalue weighted by atomic mass is 16.4. The molecule has 3 heteroatoms. The summed E-state index contributed by atoms with van der Waals surface area (Å²) in [7, 11) is 0. The van der Waals surface area contributed by atoms with Gasteiger partial charge in [-0.2, -0.15) is 0 Å². The molecule has 0 radical (unpaired) electrons. The van der Waals surface area contributed by atoms with Crippen molar-refractivity contribution in [2.75, 3.05) is 0 Å². The number of unbranched alkanes of at least 4 members (excludes halogenated alkanes) is 2. The van der Waals surface area contributed by atoms with Crippen molar-refractivity contribution in [3.63, 3.8) is 0 Å². The predicted octanol–water partition coefficient (Wildman–Crippen LogP) is 2.98. The summed E-state index contributed by atoms with van der Waals surface area (Å²) in [4.78, 5) is 13.8. The van der Waals surface area contributed by atoms with Crippen LogP contribution in [0.4, 0.5) is 0 Å². The molecule has 0 saturated carbocycles. The van der Waals surface area contributed by atoms with Crippen molar-refractivity contribution in [1.82, 2.24) is 4.98 Å². The Bertz CT molecular complexity index is 245. The summed E-state index contributed by atoms with van der Waals surface area (Å²) in [6.45, 7) is 4.42. The molecule has 0 aliphatic rings. The van der Waals surface area contributed by atoms with E-state index in [0.29, 0.717) is 0 Å². The van der Waals surface area contributed by atoms with E-state index in [-0.39, 0.29) is 5.56 Å². The molecule has 1 aromatic rings. The molecule has 0 aromatic carbocycles. The van der Waals surface area contributed by atoms with E-state index in [1.165, 1.54) is 43.8 Å². The van der Waals surface area contributed by atoms with E-state index >= 15 is 0 Å². The molecule has 0 atom stereocenters. The van der Waals surface area contributed by atoms with Gasteiger partial charge in [0, 0.05) is 12.4 Å². The lowest BCUT2D eigenvalue weighted by molar-refractivity contribution is 0.0697. The van der Waals surface area contributed by atoms with Crippen molar-refractivity contribution in [1.29, 1.82) is 0 Å². The molecule has 1 aromatic heterocycles. The van der Waals surface area contributed by atoms with Crippen molar-refractivity contribution < 1.29 is 9.90 Å². The summed E-state index contributed by atoms with van der Waals surface area (Å²) in [5.41, 5.74) is 0.269. The van der Waals surface area contributed by atoms with Gasteiger partial charge in [0.25, 0.3) is 0 Å². The first-order chi connectivity index (χ1) is 6.72. The number of carbonyl (C=O) groups is 1. The van der Waals surface area contributed by atoms with E-state index in [1.807, 2.05) is 0 Å². The second-order valence-electron chi connectivity index (χ2n) is 2.89. The predicted molar refractivity (Wildman–Crippen MR) is 56.4 cm³/mol. The van der Waals surface area contributed by atoms with Crippen molar-refractivity contribution in [2.24, 2.45) is 0 Å². The van der Waals surface area contributed by atoms with Gasteiger partial charge in [-0.3, -0.25) is 4.98 Å². The lowest BCUT2D eigenvalue weighted by Gasteiger charge is -1.87. The van der Waals surface area contributed by atoms with E-state index in [4.69, 9.17) is 5.11 Å². The number of aromatic carboxylic acids is 1. The van der Waals surface area contributed by atoms with Crippen LogP contribution in [0, 0.1) is 0 Å². The molecule has 1 N–H and O–H groups in total.